The average molecular weight is 308 g/mol. The van der Waals surface area contributed by atoms with Gasteiger partial charge in [-0.3, -0.25) is 0 Å². The van der Waals surface area contributed by atoms with Crippen molar-refractivity contribution in [2.45, 2.75) is 18.9 Å². The van der Waals surface area contributed by atoms with E-state index in [2.05, 4.69) is 74.8 Å². The molecule has 2 nitrogen and oxygen atoms in total. The molecule has 1 aliphatic heterocycles. The maximum Gasteiger partial charge on any atom is 0.140 e. The Morgan fingerprint density at radius 2 is 1.61 bits per heavy atom. The van der Waals surface area contributed by atoms with Gasteiger partial charge in [0, 0.05) is 12.8 Å². The molecule has 0 saturated carbocycles. The minimum Gasteiger partial charge on any atom is -0.487 e. The van der Waals surface area contributed by atoms with E-state index >= 15 is 0 Å². The maximum absolute atomic E-state index is 6.00. The number of hydrogen-bond donors (Lipinski definition) is 0. The highest BCUT2D eigenvalue weighted by atomic mass is 16.5. The first kappa shape index (κ1) is 15.8. The normalized spacial score (nSPS) is 20.0. The Bertz CT molecular complexity index is 643. The van der Waals surface area contributed by atoms with E-state index in [1.54, 1.807) is 0 Å². The van der Waals surface area contributed by atoms with Crippen LogP contribution in [0.5, 0.6) is 5.75 Å². The van der Waals surface area contributed by atoms with Crippen LogP contribution in [-0.4, -0.2) is 37.8 Å². The molecule has 120 valence electrons. The molecule has 2 aromatic carbocycles. The molecule has 0 amide bonds. The molecular weight excluding hydrogens is 282 g/mol. The predicted octanol–water partition coefficient (Wildman–Crippen LogP) is 4.47. The summed E-state index contributed by atoms with van der Waals surface area (Å²) in [5.41, 5.74) is 2.41. The number of rotatable bonds is 5. The van der Waals surface area contributed by atoms with Gasteiger partial charge >= 0.3 is 0 Å². The van der Waals surface area contributed by atoms with Crippen molar-refractivity contribution in [2.75, 3.05) is 27.2 Å². The molecule has 2 aromatic rings. The molecule has 0 spiro atoms. The van der Waals surface area contributed by atoms with Gasteiger partial charge in [0.05, 0.1) is 20.6 Å². The number of nitrogens with zero attached hydrogens (tertiary/aromatic N) is 1. The lowest BCUT2D eigenvalue weighted by atomic mass is 10.1. The van der Waals surface area contributed by atoms with Gasteiger partial charge in [0.1, 0.15) is 18.4 Å². The van der Waals surface area contributed by atoms with Crippen LogP contribution in [0.15, 0.2) is 54.6 Å². The molecule has 2 heteroatoms. The molecule has 1 atom stereocenters. The van der Waals surface area contributed by atoms with E-state index < -0.39 is 0 Å². The van der Waals surface area contributed by atoms with E-state index in [1.165, 1.54) is 30.5 Å². The fraction of sp³-hybridized carbons (Fsp3) is 0.333. The fourth-order valence-electron chi connectivity index (χ4n) is 3.18. The standard InChI is InChI=1S/C21H26NO/c1-22(2)16-6-9-20(22)17-23-21-14-12-19(13-15-21)11-10-18-7-4-3-5-8-18/h3-5,7-8,10-15,20H,6,9,16-17H2,1-2H3/q+1/t20-/m0/s1. The average Bonchev–Trinajstić information content (AvgIpc) is 2.91. The van der Waals surface area contributed by atoms with Crippen molar-refractivity contribution >= 4 is 12.2 Å². The van der Waals surface area contributed by atoms with Crippen molar-refractivity contribution < 1.29 is 9.22 Å². The van der Waals surface area contributed by atoms with Gasteiger partial charge < -0.3 is 9.22 Å². The second kappa shape index (κ2) is 7.01. The maximum atomic E-state index is 6.00. The lowest BCUT2D eigenvalue weighted by molar-refractivity contribution is -0.902. The number of quaternary nitrogens is 1. The van der Waals surface area contributed by atoms with Crippen molar-refractivity contribution in [3.8, 4) is 5.75 Å². The second-order valence-corrected chi connectivity index (χ2v) is 6.92. The second-order valence-electron chi connectivity index (χ2n) is 6.92. The van der Waals surface area contributed by atoms with Gasteiger partial charge in [0.15, 0.2) is 0 Å². The van der Waals surface area contributed by atoms with E-state index in [0.29, 0.717) is 6.04 Å². The number of likely N-dealkylation sites (tertiary alicyclic amines) is 1. The smallest absolute Gasteiger partial charge is 0.140 e. The summed E-state index contributed by atoms with van der Waals surface area (Å²) < 4.78 is 7.08. The van der Waals surface area contributed by atoms with Crippen LogP contribution >= 0.6 is 0 Å². The van der Waals surface area contributed by atoms with Crippen molar-refractivity contribution in [3.63, 3.8) is 0 Å². The van der Waals surface area contributed by atoms with Crippen molar-refractivity contribution in [3.05, 3.63) is 65.7 Å². The fourth-order valence-corrected chi connectivity index (χ4v) is 3.18. The minimum absolute atomic E-state index is 0.618. The summed E-state index contributed by atoms with van der Waals surface area (Å²) in [6.07, 6.45) is 6.85. The monoisotopic (exact) mass is 308 g/mol. The molecule has 0 unspecified atom stereocenters. The Labute approximate surface area is 139 Å². The van der Waals surface area contributed by atoms with Gasteiger partial charge in [-0.05, 0) is 23.3 Å². The summed E-state index contributed by atoms with van der Waals surface area (Å²) in [6, 6.07) is 19.3. The van der Waals surface area contributed by atoms with Gasteiger partial charge in [0.2, 0.25) is 0 Å². The highest BCUT2D eigenvalue weighted by molar-refractivity contribution is 5.69. The van der Waals surface area contributed by atoms with Crippen molar-refractivity contribution in [1.29, 1.82) is 0 Å². The third-order valence-electron chi connectivity index (χ3n) is 4.85. The molecule has 0 aliphatic carbocycles. The van der Waals surface area contributed by atoms with E-state index in [0.717, 1.165) is 16.8 Å². The lowest BCUT2D eigenvalue weighted by Gasteiger charge is -2.31. The Morgan fingerprint density at radius 3 is 2.22 bits per heavy atom. The molecule has 1 heterocycles. The van der Waals surface area contributed by atoms with E-state index in [4.69, 9.17) is 4.74 Å². The molecule has 0 N–H and O–H groups in total. The van der Waals surface area contributed by atoms with Gasteiger partial charge in [-0.15, -0.1) is 0 Å². The molecule has 0 radical (unpaired) electrons. The zero-order chi connectivity index (χ0) is 16.1. The van der Waals surface area contributed by atoms with Gasteiger partial charge in [-0.1, -0.05) is 54.6 Å². The summed E-state index contributed by atoms with van der Waals surface area (Å²) in [5.74, 6) is 0.966. The molecule has 1 aliphatic rings. The SMILES string of the molecule is C[N+]1(C)CCC[C@H]1COc1ccc(C=Cc2ccccc2)cc1. The summed E-state index contributed by atoms with van der Waals surface area (Å²) in [7, 11) is 4.61. The van der Waals surface area contributed by atoms with Crippen LogP contribution in [0.2, 0.25) is 0 Å². The Balaban J connectivity index is 1.56. The molecular formula is C21H26NO+. The van der Waals surface area contributed by atoms with E-state index in [1.807, 2.05) is 6.07 Å². The summed E-state index contributed by atoms with van der Waals surface area (Å²) in [4.78, 5) is 0. The summed E-state index contributed by atoms with van der Waals surface area (Å²) >= 11 is 0. The zero-order valence-corrected chi connectivity index (χ0v) is 14.1. The van der Waals surface area contributed by atoms with Crippen LogP contribution in [0.4, 0.5) is 0 Å². The highest BCUT2D eigenvalue weighted by Gasteiger charge is 2.34. The summed E-state index contributed by atoms with van der Waals surface area (Å²) in [5, 5.41) is 0. The predicted molar refractivity (Wildman–Crippen MR) is 97.3 cm³/mol. The van der Waals surface area contributed by atoms with Crippen LogP contribution in [-0.2, 0) is 0 Å². The van der Waals surface area contributed by atoms with Crippen LogP contribution in [0.1, 0.15) is 24.0 Å². The lowest BCUT2D eigenvalue weighted by Crippen LogP contribution is -2.46. The van der Waals surface area contributed by atoms with E-state index in [-0.39, 0.29) is 0 Å². The Morgan fingerprint density at radius 1 is 0.957 bits per heavy atom. The molecule has 0 bridgehead atoms. The van der Waals surface area contributed by atoms with Gasteiger partial charge in [-0.2, -0.15) is 0 Å². The highest BCUT2D eigenvalue weighted by Crippen LogP contribution is 2.23. The van der Waals surface area contributed by atoms with Crippen LogP contribution in [0.3, 0.4) is 0 Å². The molecule has 0 aromatic heterocycles. The van der Waals surface area contributed by atoms with Crippen LogP contribution in [0.25, 0.3) is 12.2 Å². The Kier molecular flexibility index (Phi) is 4.82. The number of benzene rings is 2. The summed E-state index contributed by atoms with van der Waals surface area (Å²) in [6.45, 7) is 2.07. The first-order chi connectivity index (χ1) is 11.1. The van der Waals surface area contributed by atoms with E-state index in [9.17, 15) is 0 Å². The Hall–Kier alpha value is -2.06. The molecule has 23 heavy (non-hydrogen) atoms. The zero-order valence-electron chi connectivity index (χ0n) is 14.1. The van der Waals surface area contributed by atoms with Crippen LogP contribution < -0.4 is 4.74 Å². The first-order valence-electron chi connectivity index (χ1n) is 8.42. The van der Waals surface area contributed by atoms with Gasteiger partial charge in [-0.25, -0.2) is 0 Å². The quantitative estimate of drug-likeness (QED) is 0.585. The molecule has 1 fully saturated rings. The third-order valence-corrected chi connectivity index (χ3v) is 4.85. The van der Waals surface area contributed by atoms with Crippen LogP contribution in [0, 0.1) is 0 Å². The van der Waals surface area contributed by atoms with Crippen molar-refractivity contribution in [2.24, 2.45) is 0 Å². The third kappa shape index (κ3) is 4.23. The van der Waals surface area contributed by atoms with Crippen molar-refractivity contribution in [1.82, 2.24) is 0 Å². The molecule has 3 rings (SSSR count). The van der Waals surface area contributed by atoms with Gasteiger partial charge in [0.25, 0.3) is 0 Å². The topological polar surface area (TPSA) is 9.23 Å². The minimum atomic E-state index is 0.618. The first-order valence-corrected chi connectivity index (χ1v) is 8.42. The number of ether oxygens (including phenoxy) is 1. The number of likely N-dealkylation sites (N-methyl/N-ethyl adjacent to an activating group) is 1. The molecule has 1 saturated heterocycles. The number of hydrogen-bond acceptors (Lipinski definition) is 1. The largest absolute Gasteiger partial charge is 0.487 e.